The molecule has 0 atom stereocenters. The van der Waals surface area contributed by atoms with Crippen LogP contribution in [0.1, 0.15) is 24.6 Å². The van der Waals surface area contributed by atoms with Crippen molar-refractivity contribution in [1.29, 1.82) is 0 Å². The Labute approximate surface area is 138 Å². The quantitative estimate of drug-likeness (QED) is 0.592. The molecule has 0 aliphatic carbocycles. The molecule has 2 N–H and O–H groups in total. The van der Waals surface area contributed by atoms with E-state index in [0.717, 1.165) is 30.0 Å². The fourth-order valence-electron chi connectivity index (χ4n) is 1.57. The molecule has 1 aromatic rings. The highest BCUT2D eigenvalue weighted by Gasteiger charge is 2.20. The van der Waals surface area contributed by atoms with E-state index < -0.39 is 10.0 Å². The summed E-state index contributed by atoms with van der Waals surface area (Å²) >= 11 is 6.59. The number of sulfonamides is 1. The molecule has 1 heterocycles. The standard InChI is InChI=1S/C12H21BrN2O2S3/c1-3-14-9-10-8-11(12(13)19-10)20(16,17)15-6-4-5-7-18-2/h8,14-15H,3-7,9H2,1-2H3. The lowest BCUT2D eigenvalue weighted by molar-refractivity contribution is 0.578. The molecule has 0 amide bonds. The third kappa shape index (κ3) is 6.03. The topological polar surface area (TPSA) is 58.2 Å². The average Bonchev–Trinajstić information content (AvgIpc) is 2.78. The fraction of sp³-hybridized carbons (Fsp3) is 0.667. The minimum Gasteiger partial charge on any atom is -0.312 e. The first-order valence-electron chi connectivity index (χ1n) is 6.48. The Balaban J connectivity index is 2.60. The van der Waals surface area contributed by atoms with Gasteiger partial charge in [-0.1, -0.05) is 6.92 Å². The molecule has 0 bridgehead atoms. The summed E-state index contributed by atoms with van der Waals surface area (Å²) in [5.41, 5.74) is 0. The van der Waals surface area contributed by atoms with E-state index in [4.69, 9.17) is 0 Å². The van der Waals surface area contributed by atoms with E-state index in [0.29, 0.717) is 21.8 Å². The van der Waals surface area contributed by atoms with Gasteiger partial charge >= 0.3 is 0 Å². The Hall–Kier alpha value is 0.400. The van der Waals surface area contributed by atoms with Gasteiger partial charge in [0, 0.05) is 18.0 Å². The van der Waals surface area contributed by atoms with Crippen LogP contribution in [0, 0.1) is 0 Å². The van der Waals surface area contributed by atoms with Crippen molar-refractivity contribution in [2.75, 3.05) is 25.1 Å². The van der Waals surface area contributed by atoms with Gasteiger partial charge in [-0.25, -0.2) is 13.1 Å². The van der Waals surface area contributed by atoms with Gasteiger partial charge in [-0.15, -0.1) is 11.3 Å². The Bertz CT molecular complexity index is 503. The fourth-order valence-corrected chi connectivity index (χ4v) is 5.79. The summed E-state index contributed by atoms with van der Waals surface area (Å²) in [6, 6.07) is 1.74. The van der Waals surface area contributed by atoms with Crippen LogP contribution in [0.25, 0.3) is 0 Å². The molecule has 0 unspecified atom stereocenters. The van der Waals surface area contributed by atoms with Gasteiger partial charge in [-0.05, 0) is 53.4 Å². The van der Waals surface area contributed by atoms with Crippen molar-refractivity contribution < 1.29 is 8.42 Å². The van der Waals surface area contributed by atoms with Crippen molar-refractivity contribution in [1.82, 2.24) is 10.0 Å². The van der Waals surface area contributed by atoms with Gasteiger partial charge in [0.25, 0.3) is 0 Å². The summed E-state index contributed by atoms with van der Waals surface area (Å²) in [5.74, 6) is 1.07. The number of nitrogens with one attached hydrogen (secondary N) is 2. The van der Waals surface area contributed by atoms with E-state index in [1.54, 1.807) is 17.8 Å². The average molecular weight is 401 g/mol. The Kier molecular flexibility index (Phi) is 8.69. The summed E-state index contributed by atoms with van der Waals surface area (Å²) in [4.78, 5) is 1.36. The first kappa shape index (κ1) is 18.4. The molecule has 4 nitrogen and oxygen atoms in total. The minimum atomic E-state index is -3.40. The van der Waals surface area contributed by atoms with E-state index in [2.05, 4.69) is 32.2 Å². The third-order valence-electron chi connectivity index (χ3n) is 2.61. The molecular formula is C12H21BrN2O2S3. The van der Waals surface area contributed by atoms with Gasteiger partial charge in [0.15, 0.2) is 0 Å². The van der Waals surface area contributed by atoms with E-state index in [9.17, 15) is 8.42 Å². The van der Waals surface area contributed by atoms with E-state index in [1.807, 2.05) is 6.92 Å². The molecule has 0 fully saturated rings. The van der Waals surface area contributed by atoms with Crippen molar-refractivity contribution in [2.45, 2.75) is 31.2 Å². The maximum absolute atomic E-state index is 12.2. The molecule has 0 aromatic carbocycles. The van der Waals surface area contributed by atoms with Crippen LogP contribution in [0.2, 0.25) is 0 Å². The lowest BCUT2D eigenvalue weighted by Gasteiger charge is -2.05. The summed E-state index contributed by atoms with van der Waals surface area (Å²) in [7, 11) is -3.40. The first-order valence-corrected chi connectivity index (χ1v) is 11.0. The molecule has 116 valence electrons. The van der Waals surface area contributed by atoms with Gasteiger partial charge in [0.05, 0.1) is 3.79 Å². The molecule has 0 saturated carbocycles. The first-order chi connectivity index (χ1) is 9.51. The number of rotatable bonds is 10. The lowest BCUT2D eigenvalue weighted by atomic mass is 10.3. The molecule has 0 radical (unpaired) electrons. The van der Waals surface area contributed by atoms with Crippen LogP contribution in [0.3, 0.4) is 0 Å². The number of thioether (sulfide) groups is 1. The second kappa shape index (κ2) is 9.42. The Morgan fingerprint density at radius 3 is 2.80 bits per heavy atom. The van der Waals surface area contributed by atoms with Crippen LogP contribution >= 0.6 is 39.0 Å². The zero-order valence-electron chi connectivity index (χ0n) is 11.7. The Morgan fingerprint density at radius 2 is 2.15 bits per heavy atom. The zero-order chi connectivity index (χ0) is 15.0. The zero-order valence-corrected chi connectivity index (χ0v) is 15.8. The SMILES string of the molecule is CCNCc1cc(S(=O)(=O)NCCCCSC)c(Br)s1. The molecule has 0 aliphatic heterocycles. The molecule has 0 aliphatic rings. The van der Waals surface area contributed by atoms with Crippen LogP contribution in [-0.4, -0.2) is 33.5 Å². The number of unbranched alkanes of at least 4 members (excludes halogenated alkanes) is 1. The predicted octanol–water partition coefficient (Wildman–Crippen LogP) is 3.04. The highest BCUT2D eigenvalue weighted by atomic mass is 79.9. The van der Waals surface area contributed by atoms with Gasteiger partial charge in [0.2, 0.25) is 10.0 Å². The number of halogens is 1. The highest BCUT2D eigenvalue weighted by Crippen LogP contribution is 2.31. The second-order valence-corrected chi connectivity index (χ2v) is 9.40. The van der Waals surface area contributed by atoms with E-state index >= 15 is 0 Å². The maximum Gasteiger partial charge on any atom is 0.242 e. The monoisotopic (exact) mass is 400 g/mol. The second-order valence-electron chi connectivity index (χ2n) is 4.23. The molecule has 1 rings (SSSR count). The van der Waals surface area contributed by atoms with Crippen molar-refractivity contribution in [2.24, 2.45) is 0 Å². The van der Waals surface area contributed by atoms with E-state index in [1.165, 1.54) is 11.3 Å². The van der Waals surface area contributed by atoms with Gasteiger partial charge < -0.3 is 5.32 Å². The van der Waals surface area contributed by atoms with Crippen molar-refractivity contribution in [3.05, 3.63) is 14.7 Å². The number of hydrogen-bond donors (Lipinski definition) is 2. The van der Waals surface area contributed by atoms with Gasteiger partial charge in [-0.2, -0.15) is 11.8 Å². The highest BCUT2D eigenvalue weighted by molar-refractivity contribution is 9.11. The molecule has 20 heavy (non-hydrogen) atoms. The summed E-state index contributed by atoms with van der Waals surface area (Å²) < 4.78 is 27.8. The van der Waals surface area contributed by atoms with Crippen LogP contribution < -0.4 is 10.0 Å². The molecular weight excluding hydrogens is 380 g/mol. The molecule has 0 spiro atoms. The summed E-state index contributed by atoms with van der Waals surface area (Å²) in [6.07, 6.45) is 3.95. The number of hydrogen-bond acceptors (Lipinski definition) is 5. The third-order valence-corrected chi connectivity index (χ3v) is 7.02. The minimum absolute atomic E-state index is 0.347. The number of thiophene rings is 1. The van der Waals surface area contributed by atoms with E-state index in [-0.39, 0.29) is 0 Å². The van der Waals surface area contributed by atoms with Crippen LogP contribution in [-0.2, 0) is 16.6 Å². The largest absolute Gasteiger partial charge is 0.312 e. The van der Waals surface area contributed by atoms with Gasteiger partial charge in [-0.3, -0.25) is 0 Å². The molecule has 8 heteroatoms. The van der Waals surface area contributed by atoms with Gasteiger partial charge in [0.1, 0.15) is 4.90 Å². The van der Waals surface area contributed by atoms with Crippen molar-refractivity contribution in [3.8, 4) is 0 Å². The molecule has 1 aromatic heterocycles. The smallest absolute Gasteiger partial charge is 0.242 e. The predicted molar refractivity (Wildman–Crippen MR) is 92.2 cm³/mol. The van der Waals surface area contributed by atoms with Crippen LogP contribution in [0.4, 0.5) is 0 Å². The van der Waals surface area contributed by atoms with Crippen LogP contribution in [0.15, 0.2) is 14.7 Å². The molecule has 0 saturated heterocycles. The van der Waals surface area contributed by atoms with Crippen molar-refractivity contribution in [3.63, 3.8) is 0 Å². The summed E-state index contributed by atoms with van der Waals surface area (Å²) in [6.45, 7) is 4.08. The van der Waals surface area contributed by atoms with Crippen LogP contribution in [0.5, 0.6) is 0 Å². The Morgan fingerprint density at radius 1 is 1.40 bits per heavy atom. The van der Waals surface area contributed by atoms with Crippen molar-refractivity contribution >= 4 is 49.1 Å². The maximum atomic E-state index is 12.2. The summed E-state index contributed by atoms with van der Waals surface area (Å²) in [5, 5.41) is 3.19. The normalized spacial score (nSPS) is 11.9. The lowest BCUT2D eigenvalue weighted by Crippen LogP contribution is -2.24.